The molecule has 0 saturated carbocycles. The van der Waals surface area contributed by atoms with Gasteiger partial charge in [0.15, 0.2) is 5.65 Å². The lowest BCUT2D eigenvalue weighted by atomic mass is 10.1. The molecule has 0 aliphatic heterocycles. The minimum Gasteiger partial charge on any atom is -0.269 e. The van der Waals surface area contributed by atoms with Crippen molar-refractivity contribution in [2.45, 2.75) is 11.3 Å². The van der Waals surface area contributed by atoms with Crippen LogP contribution in [-0.4, -0.2) is 29.2 Å². The Labute approximate surface area is 139 Å². The third kappa shape index (κ3) is 3.12. The summed E-state index contributed by atoms with van der Waals surface area (Å²) in [6.07, 6.45) is -2.70. The maximum atomic E-state index is 13.3. The van der Waals surface area contributed by atoms with Crippen LogP contribution in [0.25, 0.3) is 16.7 Å². The van der Waals surface area contributed by atoms with E-state index in [0.717, 1.165) is 35.2 Å². The fraction of sp³-hybridized carbons (Fsp3) is 0.133. The number of halogens is 3. The first kappa shape index (κ1) is 17.1. The van der Waals surface area contributed by atoms with Crippen LogP contribution in [0.4, 0.5) is 13.2 Å². The number of nitrogens with zero attached hydrogens (tertiary/aromatic N) is 3. The molecule has 1 aromatic carbocycles. The van der Waals surface area contributed by atoms with Gasteiger partial charge in [-0.2, -0.15) is 18.2 Å². The van der Waals surface area contributed by atoms with Crippen molar-refractivity contribution in [2.24, 2.45) is 0 Å². The van der Waals surface area contributed by atoms with Crippen LogP contribution in [0, 0.1) is 0 Å². The molecule has 0 aliphatic rings. The highest BCUT2D eigenvalue weighted by Gasteiger charge is 2.34. The Bertz CT molecular complexity index is 1140. The summed E-state index contributed by atoms with van der Waals surface area (Å²) in [6, 6.07) is 6.87. The van der Waals surface area contributed by atoms with Gasteiger partial charge in [0, 0.05) is 23.9 Å². The maximum absolute atomic E-state index is 13.3. The normalized spacial score (nSPS) is 12.5. The molecule has 0 bridgehead atoms. The number of alkyl halides is 3. The van der Waals surface area contributed by atoms with Gasteiger partial charge in [0.2, 0.25) is 15.0 Å². The fourth-order valence-corrected chi connectivity index (χ4v) is 2.82. The van der Waals surface area contributed by atoms with Crippen molar-refractivity contribution in [2.75, 3.05) is 6.26 Å². The quantitative estimate of drug-likeness (QED) is 0.647. The van der Waals surface area contributed by atoms with Gasteiger partial charge in [-0.1, -0.05) is 12.1 Å². The second kappa shape index (κ2) is 5.66. The molecule has 6 nitrogen and oxygen atoms in total. The zero-order valence-electron chi connectivity index (χ0n) is 12.6. The molecule has 0 atom stereocenters. The van der Waals surface area contributed by atoms with Crippen LogP contribution in [0.1, 0.15) is 5.56 Å². The van der Waals surface area contributed by atoms with E-state index in [1.807, 2.05) is 0 Å². The van der Waals surface area contributed by atoms with Gasteiger partial charge < -0.3 is 0 Å². The Kier molecular flexibility index (Phi) is 3.87. The van der Waals surface area contributed by atoms with Crippen molar-refractivity contribution in [3.8, 4) is 5.69 Å². The molecular weight excluding hydrogens is 359 g/mol. The molecule has 10 heteroatoms. The summed E-state index contributed by atoms with van der Waals surface area (Å²) in [5.74, 6) is 0. The third-order valence-corrected chi connectivity index (χ3v) is 4.25. The highest BCUT2D eigenvalue weighted by Crippen LogP contribution is 2.33. The van der Waals surface area contributed by atoms with E-state index in [9.17, 15) is 26.4 Å². The molecule has 0 N–H and O–H groups in total. The van der Waals surface area contributed by atoms with Crippen molar-refractivity contribution in [3.05, 3.63) is 58.5 Å². The monoisotopic (exact) mass is 369 g/mol. The van der Waals surface area contributed by atoms with E-state index >= 15 is 0 Å². The Hall–Kier alpha value is -2.75. The summed E-state index contributed by atoms with van der Waals surface area (Å²) in [4.78, 5) is 19.7. The highest BCUT2D eigenvalue weighted by atomic mass is 32.2. The van der Waals surface area contributed by atoms with Crippen molar-refractivity contribution in [3.63, 3.8) is 0 Å². The number of pyridine rings is 1. The molecule has 0 unspecified atom stereocenters. The van der Waals surface area contributed by atoms with E-state index in [-0.39, 0.29) is 11.0 Å². The topological polar surface area (TPSA) is 81.9 Å². The zero-order chi connectivity index (χ0) is 18.4. The first-order valence-electron chi connectivity index (χ1n) is 6.84. The van der Waals surface area contributed by atoms with Crippen molar-refractivity contribution in [1.82, 2.24) is 14.5 Å². The van der Waals surface area contributed by atoms with Gasteiger partial charge in [0.25, 0.3) is 5.56 Å². The Morgan fingerprint density at radius 1 is 1.08 bits per heavy atom. The zero-order valence-corrected chi connectivity index (χ0v) is 13.5. The maximum Gasteiger partial charge on any atom is 0.418 e. The van der Waals surface area contributed by atoms with Crippen LogP contribution < -0.4 is 5.56 Å². The second-order valence-electron chi connectivity index (χ2n) is 5.23. The number of rotatable bonds is 2. The second-order valence-corrected chi connectivity index (χ2v) is 7.14. The molecule has 130 valence electrons. The summed E-state index contributed by atoms with van der Waals surface area (Å²) in [7, 11) is -3.80. The molecule has 2 heterocycles. The van der Waals surface area contributed by atoms with Gasteiger partial charge in [0.1, 0.15) is 0 Å². The average Bonchev–Trinajstić information content (AvgIpc) is 2.52. The molecule has 3 rings (SSSR count). The van der Waals surface area contributed by atoms with Gasteiger partial charge in [0.05, 0.1) is 11.3 Å². The molecule has 2 aromatic heterocycles. The van der Waals surface area contributed by atoms with Crippen LogP contribution in [0.2, 0.25) is 0 Å². The largest absolute Gasteiger partial charge is 0.418 e. The molecule has 0 aliphatic carbocycles. The van der Waals surface area contributed by atoms with Crippen LogP contribution >= 0.6 is 0 Å². The van der Waals surface area contributed by atoms with E-state index < -0.39 is 38.0 Å². The first-order chi connectivity index (χ1) is 11.6. The molecule has 0 spiro atoms. The number of hydrogen-bond donors (Lipinski definition) is 0. The number of hydrogen-bond acceptors (Lipinski definition) is 5. The number of sulfone groups is 1. The van der Waals surface area contributed by atoms with Crippen LogP contribution in [0.15, 0.2) is 52.5 Å². The Morgan fingerprint density at radius 3 is 2.40 bits per heavy atom. The Morgan fingerprint density at radius 2 is 1.76 bits per heavy atom. The third-order valence-electron chi connectivity index (χ3n) is 3.39. The minimum absolute atomic E-state index is 0.223. The van der Waals surface area contributed by atoms with Crippen molar-refractivity contribution in [1.29, 1.82) is 0 Å². The number of para-hydroxylation sites is 1. The van der Waals surface area contributed by atoms with E-state index in [2.05, 4.69) is 9.97 Å². The van der Waals surface area contributed by atoms with Crippen LogP contribution in [0.3, 0.4) is 0 Å². The molecule has 0 radical (unpaired) electrons. The summed E-state index contributed by atoms with van der Waals surface area (Å²) in [5, 5.41) is -0.354. The molecule has 25 heavy (non-hydrogen) atoms. The van der Waals surface area contributed by atoms with Gasteiger partial charge in [-0.15, -0.1) is 0 Å². The Balaban J connectivity index is 2.45. The SMILES string of the molecule is CS(=O)(=O)c1ncc2ccc(=O)n(-c3ccccc3C(F)(F)F)c2n1. The van der Waals surface area contributed by atoms with Crippen molar-refractivity contribution < 1.29 is 21.6 Å². The lowest BCUT2D eigenvalue weighted by Gasteiger charge is -2.15. The van der Waals surface area contributed by atoms with E-state index in [0.29, 0.717) is 0 Å². The summed E-state index contributed by atoms with van der Waals surface area (Å²) in [6.45, 7) is 0. The van der Waals surface area contributed by atoms with Gasteiger partial charge >= 0.3 is 6.18 Å². The smallest absolute Gasteiger partial charge is 0.269 e. The summed E-state index contributed by atoms with van der Waals surface area (Å²) < 4.78 is 63.9. The van der Waals surface area contributed by atoms with E-state index in [1.54, 1.807) is 0 Å². The fourth-order valence-electron chi connectivity index (χ4n) is 2.32. The van der Waals surface area contributed by atoms with Crippen LogP contribution in [0.5, 0.6) is 0 Å². The van der Waals surface area contributed by atoms with Gasteiger partial charge in [-0.05, 0) is 18.2 Å². The van der Waals surface area contributed by atoms with Gasteiger partial charge in [-0.3, -0.25) is 9.36 Å². The predicted molar refractivity (Wildman–Crippen MR) is 83.2 cm³/mol. The lowest BCUT2D eigenvalue weighted by molar-refractivity contribution is -0.137. The van der Waals surface area contributed by atoms with Gasteiger partial charge in [-0.25, -0.2) is 13.4 Å². The summed E-state index contributed by atoms with van der Waals surface area (Å²) >= 11 is 0. The first-order valence-corrected chi connectivity index (χ1v) is 8.73. The summed E-state index contributed by atoms with van der Waals surface area (Å²) in [5.41, 5.74) is -2.48. The molecular formula is C15H10F3N3O3S. The molecule has 3 aromatic rings. The molecule has 0 saturated heterocycles. The molecule has 0 amide bonds. The van der Waals surface area contributed by atoms with Crippen molar-refractivity contribution >= 4 is 20.9 Å². The highest BCUT2D eigenvalue weighted by molar-refractivity contribution is 7.90. The van der Waals surface area contributed by atoms with Crippen LogP contribution in [-0.2, 0) is 16.0 Å². The average molecular weight is 369 g/mol. The standard InChI is InChI=1S/C15H10F3N3O3S/c1-25(23,24)14-19-8-9-6-7-12(22)21(13(9)20-14)11-5-3-2-4-10(11)15(16,17)18/h2-8H,1H3. The lowest BCUT2D eigenvalue weighted by Crippen LogP contribution is -2.22. The number of fused-ring (bicyclic) bond motifs is 1. The predicted octanol–water partition coefficient (Wildman–Crippen LogP) is 2.20. The molecule has 0 fully saturated rings. The number of benzene rings is 1. The van der Waals surface area contributed by atoms with E-state index in [1.165, 1.54) is 18.2 Å². The van der Waals surface area contributed by atoms with E-state index in [4.69, 9.17) is 0 Å². The number of aromatic nitrogens is 3. The minimum atomic E-state index is -4.70.